The number of ketones is 1. The van der Waals surface area contributed by atoms with Crippen LogP contribution >= 0.6 is 0 Å². The number of nitrogens with zero attached hydrogens (tertiary/aromatic N) is 2. The Morgan fingerprint density at radius 2 is 2.27 bits per heavy atom. The lowest BCUT2D eigenvalue weighted by molar-refractivity contribution is -0.118. The van der Waals surface area contributed by atoms with E-state index in [-0.39, 0.29) is 11.6 Å². The lowest BCUT2D eigenvalue weighted by atomic mass is 10.1. The number of hydrogen-bond acceptors (Lipinski definition) is 2. The third kappa shape index (κ3) is 2.93. The summed E-state index contributed by atoms with van der Waals surface area (Å²) in [5.41, 5.74) is 2.77. The second-order valence-corrected chi connectivity index (χ2v) is 5.38. The zero-order chi connectivity index (χ0) is 15.5. The number of carbonyl (C=O) groups is 1. The first-order chi connectivity index (χ1) is 10.7. The highest BCUT2D eigenvalue weighted by Crippen LogP contribution is 2.28. The predicted octanol–water partition coefficient (Wildman–Crippen LogP) is 3.93. The maximum absolute atomic E-state index is 13.2. The van der Waals surface area contributed by atoms with E-state index in [9.17, 15) is 9.18 Å². The molecule has 0 unspecified atom stereocenters. The Labute approximate surface area is 128 Å². The molecule has 0 atom stereocenters. The Morgan fingerprint density at radius 1 is 1.41 bits per heavy atom. The molecule has 22 heavy (non-hydrogen) atoms. The Kier molecular flexibility index (Phi) is 4.04. The van der Waals surface area contributed by atoms with Gasteiger partial charge in [0.15, 0.2) is 0 Å². The minimum atomic E-state index is -0.253. The summed E-state index contributed by atoms with van der Waals surface area (Å²) in [7, 11) is 0. The average molecular weight is 299 g/mol. The van der Waals surface area contributed by atoms with Crippen molar-refractivity contribution in [2.24, 2.45) is 0 Å². The molecule has 0 saturated heterocycles. The van der Waals surface area contributed by atoms with Crippen molar-refractivity contribution >= 4 is 16.7 Å². The van der Waals surface area contributed by atoms with Crippen LogP contribution in [0.4, 0.5) is 4.39 Å². The molecule has 2 aromatic heterocycles. The summed E-state index contributed by atoms with van der Waals surface area (Å²) in [5, 5.41) is 5.31. The van der Waals surface area contributed by atoms with Crippen LogP contribution in [0.25, 0.3) is 22.0 Å². The topological polar surface area (TPSA) is 50.7 Å². The molecule has 5 heteroatoms. The van der Waals surface area contributed by atoms with Crippen molar-refractivity contribution in [1.82, 2.24) is 14.8 Å². The largest absolute Gasteiger partial charge is 0.360 e. The van der Waals surface area contributed by atoms with Crippen LogP contribution in [0.3, 0.4) is 0 Å². The number of rotatable bonds is 6. The molecule has 1 N–H and O–H groups in total. The van der Waals surface area contributed by atoms with Gasteiger partial charge in [0.1, 0.15) is 11.6 Å². The van der Waals surface area contributed by atoms with Gasteiger partial charge in [0, 0.05) is 53.8 Å². The van der Waals surface area contributed by atoms with Crippen LogP contribution < -0.4 is 0 Å². The number of aromatic amines is 1. The van der Waals surface area contributed by atoms with Crippen molar-refractivity contribution in [1.29, 1.82) is 0 Å². The van der Waals surface area contributed by atoms with E-state index in [4.69, 9.17) is 0 Å². The van der Waals surface area contributed by atoms with Gasteiger partial charge in [-0.3, -0.25) is 9.48 Å². The van der Waals surface area contributed by atoms with Crippen LogP contribution in [0.5, 0.6) is 0 Å². The number of halogens is 1. The second kappa shape index (κ2) is 6.13. The number of carbonyl (C=O) groups excluding carboxylic acids is 1. The van der Waals surface area contributed by atoms with Crippen molar-refractivity contribution in [3.63, 3.8) is 0 Å². The number of hydrogen-bond donors (Lipinski definition) is 1. The summed E-state index contributed by atoms with van der Waals surface area (Å²) in [6.07, 6.45) is 7.61. The van der Waals surface area contributed by atoms with Gasteiger partial charge in [0.2, 0.25) is 0 Å². The van der Waals surface area contributed by atoms with E-state index in [1.54, 1.807) is 12.3 Å². The number of aromatic nitrogens is 3. The molecule has 0 amide bonds. The van der Waals surface area contributed by atoms with Crippen LogP contribution in [0.15, 0.2) is 36.8 Å². The Balaban J connectivity index is 1.76. The first-order valence-corrected chi connectivity index (χ1v) is 7.48. The summed E-state index contributed by atoms with van der Waals surface area (Å²) < 4.78 is 15.1. The normalized spacial score (nSPS) is 11.2. The van der Waals surface area contributed by atoms with E-state index in [0.717, 1.165) is 35.0 Å². The fraction of sp³-hybridized carbons (Fsp3) is 0.294. The minimum absolute atomic E-state index is 0.253. The van der Waals surface area contributed by atoms with Gasteiger partial charge in [0.25, 0.3) is 0 Å². The lowest BCUT2D eigenvalue weighted by Gasteiger charge is -2.00. The van der Waals surface area contributed by atoms with Crippen molar-refractivity contribution in [3.05, 3.63) is 42.6 Å². The average Bonchev–Trinajstić information content (AvgIpc) is 3.13. The molecular formula is C17H18FN3O. The molecule has 0 aliphatic rings. The molecule has 1 aromatic carbocycles. The molecule has 0 saturated carbocycles. The number of Topliss-reactive ketones (excluding diaryl/α,β-unsaturated/α-hetero) is 1. The molecule has 0 aliphatic heterocycles. The highest BCUT2D eigenvalue weighted by atomic mass is 19.1. The first-order valence-electron chi connectivity index (χ1n) is 7.48. The van der Waals surface area contributed by atoms with Gasteiger partial charge in [-0.25, -0.2) is 4.39 Å². The zero-order valence-corrected chi connectivity index (χ0v) is 12.5. The molecule has 3 rings (SSSR count). The lowest BCUT2D eigenvalue weighted by Crippen LogP contribution is -2.02. The highest BCUT2D eigenvalue weighted by Gasteiger charge is 2.09. The summed E-state index contributed by atoms with van der Waals surface area (Å²) >= 11 is 0. The molecule has 114 valence electrons. The molecule has 0 aliphatic carbocycles. The van der Waals surface area contributed by atoms with Gasteiger partial charge < -0.3 is 4.98 Å². The van der Waals surface area contributed by atoms with Crippen LogP contribution in [0, 0.1) is 5.82 Å². The summed E-state index contributed by atoms with van der Waals surface area (Å²) in [4.78, 5) is 14.4. The summed E-state index contributed by atoms with van der Waals surface area (Å²) in [5.74, 6) is 0.0308. The van der Waals surface area contributed by atoms with E-state index >= 15 is 0 Å². The molecule has 0 radical (unpaired) electrons. The van der Waals surface area contributed by atoms with E-state index in [1.165, 1.54) is 12.1 Å². The molecule has 2 heterocycles. The molecule has 0 spiro atoms. The maximum atomic E-state index is 13.2. The van der Waals surface area contributed by atoms with Gasteiger partial charge in [-0.05, 0) is 24.6 Å². The third-order valence-electron chi connectivity index (χ3n) is 3.83. The van der Waals surface area contributed by atoms with Crippen molar-refractivity contribution in [3.8, 4) is 11.1 Å². The minimum Gasteiger partial charge on any atom is -0.360 e. The SMILES string of the molecule is CCC(=O)CCCn1cc(-c2c[nH]c3cc(F)ccc23)cn1. The van der Waals surface area contributed by atoms with Gasteiger partial charge in [-0.1, -0.05) is 6.92 Å². The van der Waals surface area contributed by atoms with E-state index in [0.29, 0.717) is 12.8 Å². The highest BCUT2D eigenvalue weighted by molar-refractivity contribution is 5.95. The number of nitrogens with one attached hydrogen (secondary N) is 1. The fourth-order valence-corrected chi connectivity index (χ4v) is 2.58. The Hall–Kier alpha value is -2.43. The van der Waals surface area contributed by atoms with E-state index in [2.05, 4.69) is 10.1 Å². The molecule has 4 nitrogen and oxygen atoms in total. The van der Waals surface area contributed by atoms with Crippen LogP contribution in [0.2, 0.25) is 0 Å². The smallest absolute Gasteiger partial charge is 0.132 e. The van der Waals surface area contributed by atoms with Gasteiger partial charge in [0.05, 0.1) is 6.20 Å². The van der Waals surface area contributed by atoms with Crippen LogP contribution in [-0.4, -0.2) is 20.5 Å². The molecule has 0 bridgehead atoms. The number of aryl methyl sites for hydroxylation is 1. The zero-order valence-electron chi connectivity index (χ0n) is 12.5. The van der Waals surface area contributed by atoms with Crippen molar-refractivity contribution in [2.45, 2.75) is 32.7 Å². The van der Waals surface area contributed by atoms with Crippen molar-refractivity contribution < 1.29 is 9.18 Å². The van der Waals surface area contributed by atoms with Crippen LogP contribution in [0.1, 0.15) is 26.2 Å². The fourth-order valence-electron chi connectivity index (χ4n) is 2.58. The molecule has 3 aromatic rings. The standard InChI is InChI=1S/C17H18FN3O/c1-2-14(22)4-3-7-21-11-12(9-20-21)16-10-19-17-8-13(18)5-6-15(16)17/h5-6,8-11,19H,2-4,7H2,1H3. The molecular weight excluding hydrogens is 281 g/mol. The van der Waals surface area contributed by atoms with Crippen molar-refractivity contribution in [2.75, 3.05) is 0 Å². The Morgan fingerprint density at radius 3 is 3.09 bits per heavy atom. The summed E-state index contributed by atoms with van der Waals surface area (Å²) in [6, 6.07) is 4.72. The van der Waals surface area contributed by atoms with Gasteiger partial charge in [-0.15, -0.1) is 0 Å². The van der Waals surface area contributed by atoms with Gasteiger partial charge >= 0.3 is 0 Å². The number of benzene rings is 1. The quantitative estimate of drug-likeness (QED) is 0.749. The molecule has 0 fully saturated rings. The number of H-pyrrole nitrogens is 1. The third-order valence-corrected chi connectivity index (χ3v) is 3.83. The van der Waals surface area contributed by atoms with Gasteiger partial charge in [-0.2, -0.15) is 5.10 Å². The Bertz CT molecular complexity index is 803. The monoisotopic (exact) mass is 299 g/mol. The van der Waals surface area contributed by atoms with E-state index < -0.39 is 0 Å². The number of fused-ring (bicyclic) bond motifs is 1. The van der Waals surface area contributed by atoms with E-state index in [1.807, 2.05) is 24.0 Å². The predicted molar refractivity (Wildman–Crippen MR) is 84.0 cm³/mol. The van der Waals surface area contributed by atoms with Crippen LogP contribution in [-0.2, 0) is 11.3 Å². The first kappa shape index (κ1) is 14.5. The summed E-state index contributed by atoms with van der Waals surface area (Å²) in [6.45, 7) is 2.61. The second-order valence-electron chi connectivity index (χ2n) is 5.38. The maximum Gasteiger partial charge on any atom is 0.132 e.